The predicted octanol–water partition coefficient (Wildman–Crippen LogP) is 3.87. The summed E-state index contributed by atoms with van der Waals surface area (Å²) in [7, 11) is 4.35. The van der Waals surface area contributed by atoms with Crippen LogP contribution in [0.25, 0.3) is 45.2 Å². The maximum atomic E-state index is 6.21. The molecule has 190 valence electrons. The third kappa shape index (κ3) is 4.24. The Labute approximate surface area is 215 Å². The van der Waals surface area contributed by atoms with Gasteiger partial charge in [-0.2, -0.15) is 0 Å². The minimum absolute atomic E-state index is 0.700. The second-order valence-electron chi connectivity index (χ2n) is 10.3. The lowest BCUT2D eigenvalue weighted by atomic mass is 10.2. The van der Waals surface area contributed by atoms with Crippen molar-refractivity contribution in [3.8, 4) is 23.2 Å². The molecule has 2 aliphatic heterocycles. The monoisotopic (exact) mass is 496 g/mol. The van der Waals surface area contributed by atoms with E-state index in [1.54, 1.807) is 0 Å². The van der Waals surface area contributed by atoms with E-state index in [4.69, 9.17) is 14.4 Å². The van der Waals surface area contributed by atoms with Crippen LogP contribution in [-0.2, 0) is 0 Å². The van der Waals surface area contributed by atoms with Gasteiger partial charge < -0.3 is 34.0 Å². The molecule has 37 heavy (non-hydrogen) atoms. The van der Waals surface area contributed by atoms with Crippen molar-refractivity contribution in [1.82, 2.24) is 29.7 Å². The zero-order chi connectivity index (χ0) is 24.9. The Morgan fingerprint density at radius 3 is 1.46 bits per heavy atom. The number of hydrogen-bond donors (Lipinski definition) is 2. The van der Waals surface area contributed by atoms with Crippen LogP contribution in [0, 0.1) is 0 Å². The lowest BCUT2D eigenvalue weighted by Crippen LogP contribution is -2.44. The zero-order valence-electron chi connectivity index (χ0n) is 21.4. The summed E-state index contributed by atoms with van der Waals surface area (Å²) in [6.45, 7) is 8.50. The summed E-state index contributed by atoms with van der Waals surface area (Å²) in [6, 6.07) is 16.8. The van der Waals surface area contributed by atoms with Crippen LogP contribution in [0.15, 0.2) is 52.9 Å². The molecule has 2 N–H and O–H groups in total. The summed E-state index contributed by atoms with van der Waals surface area (Å²) in [4.78, 5) is 26.1. The molecular formula is C28H32N8O. The number of benzene rings is 2. The summed E-state index contributed by atoms with van der Waals surface area (Å²) in [5.41, 5.74) is 6.37. The number of aromatic nitrogens is 4. The van der Waals surface area contributed by atoms with Crippen LogP contribution in [0.2, 0.25) is 0 Å². The highest BCUT2D eigenvalue weighted by Gasteiger charge is 2.18. The molecule has 2 aliphatic rings. The second-order valence-corrected chi connectivity index (χ2v) is 10.3. The normalized spacial score (nSPS) is 17.9. The first-order valence-electron chi connectivity index (χ1n) is 13.1. The van der Waals surface area contributed by atoms with Crippen molar-refractivity contribution in [2.24, 2.45) is 0 Å². The molecule has 0 unspecified atom stereocenters. The van der Waals surface area contributed by atoms with Crippen LogP contribution in [-0.4, -0.2) is 96.2 Å². The van der Waals surface area contributed by atoms with E-state index < -0.39 is 0 Å². The molecule has 2 saturated heterocycles. The Hall–Kier alpha value is -3.82. The molecule has 0 saturated carbocycles. The Morgan fingerprint density at radius 2 is 1.03 bits per heavy atom. The number of hydrogen-bond acceptors (Lipinski definition) is 7. The molecule has 2 fully saturated rings. The van der Waals surface area contributed by atoms with Crippen molar-refractivity contribution in [1.29, 1.82) is 0 Å². The van der Waals surface area contributed by atoms with Crippen molar-refractivity contribution in [3.63, 3.8) is 0 Å². The average molecular weight is 497 g/mol. The molecule has 2 aromatic carbocycles. The number of H-pyrrole nitrogens is 2. The largest absolute Gasteiger partial charge is 0.450 e. The van der Waals surface area contributed by atoms with E-state index in [-0.39, 0.29) is 0 Å². The maximum absolute atomic E-state index is 6.21. The van der Waals surface area contributed by atoms with Gasteiger partial charge >= 0.3 is 0 Å². The van der Waals surface area contributed by atoms with E-state index >= 15 is 0 Å². The number of fused-ring (bicyclic) bond motifs is 2. The molecule has 0 amide bonds. The van der Waals surface area contributed by atoms with Crippen molar-refractivity contribution < 1.29 is 4.42 Å². The van der Waals surface area contributed by atoms with E-state index in [9.17, 15) is 0 Å². The Bertz CT molecular complexity index is 1430. The van der Waals surface area contributed by atoms with Gasteiger partial charge in [-0.1, -0.05) is 0 Å². The highest BCUT2D eigenvalue weighted by molar-refractivity contribution is 5.84. The molecule has 5 aromatic rings. The fourth-order valence-electron chi connectivity index (χ4n) is 5.34. The fourth-order valence-corrected chi connectivity index (χ4v) is 5.34. The molecule has 5 heterocycles. The smallest absolute Gasteiger partial charge is 0.174 e. The van der Waals surface area contributed by atoms with Gasteiger partial charge in [0, 0.05) is 63.7 Å². The van der Waals surface area contributed by atoms with Crippen LogP contribution < -0.4 is 9.80 Å². The van der Waals surface area contributed by atoms with Crippen LogP contribution in [0.3, 0.4) is 0 Å². The van der Waals surface area contributed by atoms with Gasteiger partial charge in [-0.3, -0.25) is 0 Å². The molecule has 0 bridgehead atoms. The van der Waals surface area contributed by atoms with E-state index in [1.807, 2.05) is 12.1 Å². The number of likely N-dealkylation sites (N-methyl/N-ethyl adjacent to an activating group) is 2. The summed E-state index contributed by atoms with van der Waals surface area (Å²) in [6.07, 6.45) is 0. The third-order valence-corrected chi connectivity index (χ3v) is 7.74. The van der Waals surface area contributed by atoms with E-state index in [1.165, 1.54) is 11.4 Å². The minimum Gasteiger partial charge on any atom is -0.450 e. The number of aromatic amines is 2. The Kier molecular flexibility index (Phi) is 5.40. The van der Waals surface area contributed by atoms with Gasteiger partial charge in [-0.15, -0.1) is 0 Å². The van der Waals surface area contributed by atoms with Crippen LogP contribution in [0.5, 0.6) is 0 Å². The lowest BCUT2D eigenvalue weighted by molar-refractivity contribution is 0.313. The van der Waals surface area contributed by atoms with E-state index in [0.29, 0.717) is 11.5 Å². The number of nitrogens with one attached hydrogen (secondary N) is 2. The quantitative estimate of drug-likeness (QED) is 0.391. The van der Waals surface area contributed by atoms with Crippen molar-refractivity contribution in [2.75, 3.05) is 76.3 Å². The maximum Gasteiger partial charge on any atom is 0.174 e. The van der Waals surface area contributed by atoms with Gasteiger partial charge in [0.25, 0.3) is 0 Å². The first-order valence-corrected chi connectivity index (χ1v) is 13.1. The van der Waals surface area contributed by atoms with Gasteiger partial charge in [0.15, 0.2) is 23.2 Å². The van der Waals surface area contributed by atoms with Crippen molar-refractivity contribution >= 4 is 33.4 Å². The third-order valence-electron chi connectivity index (χ3n) is 7.74. The molecule has 3 aromatic heterocycles. The summed E-state index contributed by atoms with van der Waals surface area (Å²) < 4.78 is 6.21. The standard InChI is InChI=1S/C28H32N8O/c1-33-9-13-35(14-10-33)19-3-5-21-23(17-19)31-27(29-21)25-7-8-26(37-25)28-30-22-6-4-20(18-24(22)32-28)36-15-11-34(2)12-16-36/h3-8,17-18H,9-16H2,1-2H3,(H,29,31)(H,30,32). The van der Waals surface area contributed by atoms with E-state index in [2.05, 4.69) is 80.1 Å². The molecule has 0 atom stereocenters. The van der Waals surface area contributed by atoms with Gasteiger partial charge in [0.2, 0.25) is 0 Å². The van der Waals surface area contributed by atoms with Gasteiger partial charge in [-0.25, -0.2) is 9.97 Å². The van der Waals surface area contributed by atoms with Crippen molar-refractivity contribution in [2.45, 2.75) is 0 Å². The van der Waals surface area contributed by atoms with Crippen LogP contribution in [0.4, 0.5) is 11.4 Å². The Balaban J connectivity index is 1.13. The fraction of sp³-hybridized carbons (Fsp3) is 0.357. The highest BCUT2D eigenvalue weighted by Crippen LogP contribution is 2.30. The van der Waals surface area contributed by atoms with E-state index in [0.717, 1.165) is 86.1 Å². The lowest BCUT2D eigenvalue weighted by Gasteiger charge is -2.34. The second kappa shape index (κ2) is 8.93. The number of furan rings is 1. The summed E-state index contributed by atoms with van der Waals surface area (Å²) >= 11 is 0. The molecule has 0 spiro atoms. The topological polar surface area (TPSA) is 83.5 Å². The van der Waals surface area contributed by atoms with Crippen LogP contribution in [0.1, 0.15) is 0 Å². The van der Waals surface area contributed by atoms with Gasteiger partial charge in [-0.05, 0) is 62.6 Å². The van der Waals surface area contributed by atoms with Gasteiger partial charge in [0.05, 0.1) is 22.1 Å². The number of anilines is 2. The number of imidazole rings is 2. The predicted molar refractivity (Wildman–Crippen MR) is 148 cm³/mol. The van der Waals surface area contributed by atoms with Crippen LogP contribution >= 0.6 is 0 Å². The highest BCUT2D eigenvalue weighted by atomic mass is 16.3. The molecular weight excluding hydrogens is 464 g/mol. The number of nitrogens with zero attached hydrogens (tertiary/aromatic N) is 6. The summed E-state index contributed by atoms with van der Waals surface area (Å²) in [5.74, 6) is 2.85. The first kappa shape index (κ1) is 22.4. The molecule has 7 rings (SSSR count). The number of rotatable bonds is 4. The molecule has 0 radical (unpaired) electrons. The molecule has 0 aliphatic carbocycles. The minimum atomic E-state index is 0.700. The zero-order valence-corrected chi connectivity index (χ0v) is 21.4. The average Bonchev–Trinajstić information content (AvgIpc) is 3.66. The van der Waals surface area contributed by atoms with Gasteiger partial charge in [0.1, 0.15) is 0 Å². The first-order chi connectivity index (χ1) is 18.1. The summed E-state index contributed by atoms with van der Waals surface area (Å²) in [5, 5.41) is 0. The van der Waals surface area contributed by atoms with Crippen molar-refractivity contribution in [3.05, 3.63) is 48.5 Å². The Morgan fingerprint density at radius 1 is 0.595 bits per heavy atom. The molecule has 9 heteroatoms. The molecule has 9 nitrogen and oxygen atoms in total. The SMILES string of the molecule is CN1CCN(c2ccc3nc(-c4ccc(-c5nc6ccc(N7CCN(C)CC7)cc6[nH]5)o4)[nH]c3c2)CC1. The number of piperazine rings is 2.